The zero-order valence-electron chi connectivity index (χ0n) is 10.5. The molecule has 0 saturated carbocycles. The molecule has 2 aliphatic rings. The third-order valence-electron chi connectivity index (χ3n) is 3.06. The van der Waals surface area contributed by atoms with Crippen LogP contribution in [-0.4, -0.2) is 38.5 Å². The average Bonchev–Trinajstić information content (AvgIpc) is 2.91. The first-order valence-corrected chi connectivity index (χ1v) is 6.36. The van der Waals surface area contributed by atoms with Crippen molar-refractivity contribution < 1.29 is 19.0 Å². The van der Waals surface area contributed by atoms with Gasteiger partial charge in [0.2, 0.25) is 0 Å². The number of ether oxygens (including phenoxy) is 3. The van der Waals surface area contributed by atoms with E-state index in [1.807, 2.05) is 0 Å². The molecular weight excluding hydrogens is 248 g/mol. The lowest BCUT2D eigenvalue weighted by atomic mass is 10.2. The molecule has 2 heterocycles. The number of anilines is 1. The SMILES string of the molecule is O=C(Nc1ccc2c(c1)OCCO2)NC1CCOC1. The number of carbonyl (C=O) groups is 1. The fourth-order valence-corrected chi connectivity index (χ4v) is 2.12. The maximum atomic E-state index is 11.8. The summed E-state index contributed by atoms with van der Waals surface area (Å²) in [6, 6.07) is 5.21. The highest BCUT2D eigenvalue weighted by Crippen LogP contribution is 2.32. The molecule has 1 fully saturated rings. The Balaban J connectivity index is 1.61. The van der Waals surface area contributed by atoms with Gasteiger partial charge in [-0.3, -0.25) is 0 Å². The zero-order valence-corrected chi connectivity index (χ0v) is 10.5. The van der Waals surface area contributed by atoms with Crippen LogP contribution in [0.15, 0.2) is 18.2 Å². The zero-order chi connectivity index (χ0) is 13.1. The van der Waals surface area contributed by atoms with Crippen LogP contribution in [-0.2, 0) is 4.74 Å². The van der Waals surface area contributed by atoms with Crippen LogP contribution >= 0.6 is 0 Å². The minimum Gasteiger partial charge on any atom is -0.486 e. The van der Waals surface area contributed by atoms with E-state index in [0.717, 1.165) is 6.42 Å². The van der Waals surface area contributed by atoms with Crippen molar-refractivity contribution in [3.8, 4) is 11.5 Å². The fourth-order valence-electron chi connectivity index (χ4n) is 2.12. The number of carbonyl (C=O) groups excluding carboxylic acids is 1. The summed E-state index contributed by atoms with van der Waals surface area (Å²) >= 11 is 0. The molecule has 0 bridgehead atoms. The fraction of sp³-hybridized carbons (Fsp3) is 0.462. The van der Waals surface area contributed by atoms with E-state index in [1.54, 1.807) is 18.2 Å². The molecule has 1 atom stereocenters. The molecule has 102 valence electrons. The van der Waals surface area contributed by atoms with E-state index in [9.17, 15) is 4.79 Å². The highest BCUT2D eigenvalue weighted by Gasteiger charge is 2.18. The molecule has 0 aromatic heterocycles. The van der Waals surface area contributed by atoms with Crippen molar-refractivity contribution in [3.05, 3.63) is 18.2 Å². The first-order chi connectivity index (χ1) is 9.31. The second kappa shape index (κ2) is 5.36. The van der Waals surface area contributed by atoms with Crippen LogP contribution in [0.1, 0.15) is 6.42 Å². The molecule has 6 heteroatoms. The predicted octanol–water partition coefficient (Wildman–Crippen LogP) is 1.37. The molecular formula is C13H16N2O4. The number of urea groups is 1. The van der Waals surface area contributed by atoms with Crippen molar-refractivity contribution in [1.29, 1.82) is 0 Å². The van der Waals surface area contributed by atoms with Crippen LogP contribution in [0.3, 0.4) is 0 Å². The van der Waals surface area contributed by atoms with Gasteiger partial charge in [0.05, 0.1) is 12.6 Å². The van der Waals surface area contributed by atoms with Gasteiger partial charge in [0.1, 0.15) is 13.2 Å². The van der Waals surface area contributed by atoms with Crippen LogP contribution in [0.2, 0.25) is 0 Å². The Bertz CT molecular complexity index is 472. The Morgan fingerprint density at radius 3 is 2.79 bits per heavy atom. The Morgan fingerprint density at radius 2 is 2.00 bits per heavy atom. The molecule has 0 radical (unpaired) electrons. The summed E-state index contributed by atoms with van der Waals surface area (Å²) in [6.07, 6.45) is 0.856. The molecule has 0 spiro atoms. The van der Waals surface area contributed by atoms with Gasteiger partial charge >= 0.3 is 6.03 Å². The molecule has 1 aromatic carbocycles. The predicted molar refractivity (Wildman–Crippen MR) is 68.8 cm³/mol. The molecule has 1 saturated heterocycles. The number of hydrogen-bond acceptors (Lipinski definition) is 4. The number of amides is 2. The van der Waals surface area contributed by atoms with Crippen LogP contribution in [0.25, 0.3) is 0 Å². The summed E-state index contributed by atoms with van der Waals surface area (Å²) in [5.74, 6) is 1.37. The van der Waals surface area contributed by atoms with Crippen molar-refractivity contribution in [2.45, 2.75) is 12.5 Å². The van der Waals surface area contributed by atoms with Gasteiger partial charge in [-0.15, -0.1) is 0 Å². The molecule has 6 nitrogen and oxygen atoms in total. The molecule has 2 N–H and O–H groups in total. The molecule has 2 amide bonds. The van der Waals surface area contributed by atoms with Gasteiger partial charge in [0.15, 0.2) is 11.5 Å². The summed E-state index contributed by atoms with van der Waals surface area (Å²) in [6.45, 7) is 2.37. The summed E-state index contributed by atoms with van der Waals surface area (Å²) < 4.78 is 16.1. The number of benzene rings is 1. The Hall–Kier alpha value is -1.95. The van der Waals surface area contributed by atoms with Crippen molar-refractivity contribution in [2.75, 3.05) is 31.7 Å². The minimum absolute atomic E-state index is 0.0946. The quantitative estimate of drug-likeness (QED) is 0.846. The molecule has 19 heavy (non-hydrogen) atoms. The lowest BCUT2D eigenvalue weighted by Gasteiger charge is -2.19. The van der Waals surface area contributed by atoms with Crippen LogP contribution in [0.4, 0.5) is 10.5 Å². The lowest BCUT2D eigenvalue weighted by Crippen LogP contribution is -2.38. The third kappa shape index (κ3) is 2.90. The van der Waals surface area contributed by atoms with Crippen molar-refractivity contribution >= 4 is 11.7 Å². The molecule has 3 rings (SSSR count). The first-order valence-electron chi connectivity index (χ1n) is 6.36. The Labute approximate surface area is 111 Å². The van der Waals surface area contributed by atoms with E-state index >= 15 is 0 Å². The number of fused-ring (bicyclic) bond motifs is 1. The van der Waals surface area contributed by atoms with Gasteiger partial charge in [-0.25, -0.2) is 4.79 Å². The highest BCUT2D eigenvalue weighted by molar-refractivity contribution is 5.89. The largest absolute Gasteiger partial charge is 0.486 e. The van der Waals surface area contributed by atoms with E-state index in [1.165, 1.54) is 0 Å². The second-order valence-electron chi connectivity index (χ2n) is 4.52. The first kappa shape index (κ1) is 12.1. The van der Waals surface area contributed by atoms with E-state index < -0.39 is 0 Å². The molecule has 1 aromatic rings. The van der Waals surface area contributed by atoms with Gasteiger partial charge in [-0.05, 0) is 18.6 Å². The monoisotopic (exact) mass is 264 g/mol. The number of nitrogens with one attached hydrogen (secondary N) is 2. The third-order valence-corrected chi connectivity index (χ3v) is 3.06. The normalized spacial score (nSPS) is 20.9. The Morgan fingerprint density at radius 1 is 1.16 bits per heavy atom. The van der Waals surface area contributed by atoms with Crippen LogP contribution in [0.5, 0.6) is 11.5 Å². The minimum atomic E-state index is -0.229. The lowest BCUT2D eigenvalue weighted by molar-refractivity contribution is 0.171. The summed E-state index contributed by atoms with van der Waals surface area (Å²) in [7, 11) is 0. The molecule has 2 aliphatic heterocycles. The van der Waals surface area contributed by atoms with E-state index in [4.69, 9.17) is 14.2 Å². The second-order valence-corrected chi connectivity index (χ2v) is 4.52. The van der Waals surface area contributed by atoms with Crippen LogP contribution in [0, 0.1) is 0 Å². The molecule has 0 aliphatic carbocycles. The summed E-state index contributed by atoms with van der Waals surface area (Å²) in [5, 5.41) is 5.64. The van der Waals surface area contributed by atoms with Gasteiger partial charge in [0, 0.05) is 18.4 Å². The van der Waals surface area contributed by atoms with Gasteiger partial charge < -0.3 is 24.8 Å². The van der Waals surface area contributed by atoms with E-state index in [0.29, 0.717) is 43.6 Å². The number of hydrogen-bond donors (Lipinski definition) is 2. The highest BCUT2D eigenvalue weighted by atomic mass is 16.6. The van der Waals surface area contributed by atoms with E-state index in [-0.39, 0.29) is 12.1 Å². The topological polar surface area (TPSA) is 68.8 Å². The average molecular weight is 264 g/mol. The van der Waals surface area contributed by atoms with Crippen molar-refractivity contribution in [3.63, 3.8) is 0 Å². The summed E-state index contributed by atoms with van der Waals surface area (Å²) in [4.78, 5) is 11.8. The summed E-state index contributed by atoms with van der Waals surface area (Å²) in [5.41, 5.74) is 0.681. The molecule has 1 unspecified atom stereocenters. The Kier molecular flexibility index (Phi) is 3.41. The van der Waals surface area contributed by atoms with Crippen molar-refractivity contribution in [2.24, 2.45) is 0 Å². The maximum absolute atomic E-state index is 11.8. The van der Waals surface area contributed by atoms with Crippen LogP contribution < -0.4 is 20.1 Å². The van der Waals surface area contributed by atoms with E-state index in [2.05, 4.69) is 10.6 Å². The van der Waals surface area contributed by atoms with Gasteiger partial charge in [0.25, 0.3) is 0 Å². The number of rotatable bonds is 2. The maximum Gasteiger partial charge on any atom is 0.319 e. The van der Waals surface area contributed by atoms with Gasteiger partial charge in [-0.2, -0.15) is 0 Å². The van der Waals surface area contributed by atoms with Gasteiger partial charge in [-0.1, -0.05) is 0 Å². The smallest absolute Gasteiger partial charge is 0.319 e. The van der Waals surface area contributed by atoms with Crippen molar-refractivity contribution in [1.82, 2.24) is 5.32 Å². The standard InChI is InChI=1S/C13H16N2O4/c16-13(15-10-3-4-17-8-10)14-9-1-2-11-12(7-9)19-6-5-18-11/h1-2,7,10H,3-6,8H2,(H2,14,15,16).